The van der Waals surface area contributed by atoms with Gasteiger partial charge in [0.05, 0.1) is 0 Å². The lowest BCUT2D eigenvalue weighted by Crippen LogP contribution is -2.24. The number of rotatable bonds is 5. The Morgan fingerprint density at radius 2 is 1.68 bits per heavy atom. The number of nitrogens with zero attached hydrogens (tertiary/aromatic N) is 1. The van der Waals surface area contributed by atoms with E-state index >= 15 is 0 Å². The molecule has 0 spiro atoms. The quantitative estimate of drug-likeness (QED) is 0.640. The van der Waals surface area contributed by atoms with Gasteiger partial charge >= 0.3 is 5.97 Å². The van der Waals surface area contributed by atoms with Crippen LogP contribution in [0.4, 0.5) is 5.69 Å². The number of hydrogen-bond acceptors (Lipinski definition) is 3. The van der Waals surface area contributed by atoms with Gasteiger partial charge in [0, 0.05) is 24.8 Å². The van der Waals surface area contributed by atoms with Crippen molar-refractivity contribution in [2.24, 2.45) is 0 Å². The fourth-order valence-corrected chi connectivity index (χ4v) is 3.91. The Morgan fingerprint density at radius 1 is 0.929 bits per heavy atom. The monoisotopic (exact) mass is 375 g/mol. The summed E-state index contributed by atoms with van der Waals surface area (Å²) in [5.74, 6) is -0.530. The maximum atomic E-state index is 11.7. The van der Waals surface area contributed by atoms with Gasteiger partial charge in [-0.05, 0) is 41.3 Å². The van der Waals surface area contributed by atoms with E-state index in [2.05, 4.69) is 23.1 Å². The van der Waals surface area contributed by atoms with Gasteiger partial charge in [0.15, 0.2) is 0 Å². The Morgan fingerprint density at radius 3 is 2.46 bits per heavy atom. The molecule has 0 atom stereocenters. The van der Waals surface area contributed by atoms with Gasteiger partial charge in [-0.1, -0.05) is 55.3 Å². The molecule has 0 aromatic heterocycles. The lowest BCUT2D eigenvalue weighted by Gasteiger charge is -2.23. The lowest BCUT2D eigenvalue weighted by molar-refractivity contribution is 0.0692. The minimum Gasteiger partial charge on any atom is -0.488 e. The maximum absolute atomic E-state index is 11.7. The Bertz CT molecular complexity index is 969. The molecule has 1 heterocycles. The van der Waals surface area contributed by atoms with Crippen LogP contribution < -0.4 is 9.64 Å². The van der Waals surface area contributed by atoms with Gasteiger partial charge < -0.3 is 14.7 Å². The molecular weight excluding hydrogens is 350 g/mol. The fourth-order valence-electron chi connectivity index (χ4n) is 3.91. The molecule has 4 heteroatoms. The third-order valence-corrected chi connectivity index (χ3v) is 5.43. The predicted molar refractivity (Wildman–Crippen MR) is 112 cm³/mol. The van der Waals surface area contributed by atoms with E-state index in [4.69, 9.17) is 4.74 Å². The molecule has 28 heavy (non-hydrogen) atoms. The SMILES string of the molecule is O=C(O)c1ccc(N2CCCCCC2)cc1OCc1cccc2ccccc12. The minimum absolute atomic E-state index is 0.207. The number of anilines is 1. The molecule has 1 aliphatic rings. The third kappa shape index (κ3) is 3.96. The molecule has 3 aromatic carbocycles. The Kier molecular flexibility index (Phi) is 5.47. The van der Waals surface area contributed by atoms with Gasteiger partial charge in [0.2, 0.25) is 0 Å². The standard InChI is InChI=1S/C24H25NO3/c26-24(27)22-13-12-20(25-14-5-1-2-6-15-25)16-23(22)28-17-19-10-7-9-18-8-3-4-11-21(18)19/h3-4,7-13,16H,1-2,5-6,14-15,17H2,(H,26,27). The summed E-state index contributed by atoms with van der Waals surface area (Å²) < 4.78 is 6.05. The topological polar surface area (TPSA) is 49.8 Å². The van der Waals surface area contributed by atoms with E-state index in [9.17, 15) is 9.90 Å². The molecule has 0 radical (unpaired) electrons. The van der Waals surface area contributed by atoms with Gasteiger partial charge in [-0.25, -0.2) is 4.79 Å². The zero-order chi connectivity index (χ0) is 19.3. The maximum Gasteiger partial charge on any atom is 0.339 e. The molecule has 0 amide bonds. The molecule has 4 nitrogen and oxygen atoms in total. The van der Waals surface area contributed by atoms with Gasteiger partial charge in [-0.15, -0.1) is 0 Å². The summed E-state index contributed by atoms with van der Waals surface area (Å²) in [4.78, 5) is 14.0. The second kappa shape index (κ2) is 8.34. The third-order valence-electron chi connectivity index (χ3n) is 5.43. The molecule has 1 aliphatic heterocycles. The van der Waals surface area contributed by atoms with Crippen LogP contribution in [-0.4, -0.2) is 24.2 Å². The molecule has 1 saturated heterocycles. The number of aromatic carboxylic acids is 1. The highest BCUT2D eigenvalue weighted by Gasteiger charge is 2.16. The largest absolute Gasteiger partial charge is 0.488 e. The highest BCUT2D eigenvalue weighted by Crippen LogP contribution is 2.29. The number of fused-ring (bicyclic) bond motifs is 1. The first-order valence-electron chi connectivity index (χ1n) is 9.94. The van der Waals surface area contributed by atoms with Crippen LogP contribution in [0.15, 0.2) is 60.7 Å². The number of ether oxygens (including phenoxy) is 1. The molecule has 0 bridgehead atoms. The van der Waals surface area contributed by atoms with E-state index < -0.39 is 5.97 Å². The molecule has 0 unspecified atom stereocenters. The van der Waals surface area contributed by atoms with Crippen LogP contribution in [0.2, 0.25) is 0 Å². The number of hydrogen-bond donors (Lipinski definition) is 1. The summed E-state index contributed by atoms with van der Waals surface area (Å²) in [6, 6.07) is 19.7. The van der Waals surface area contributed by atoms with Crippen molar-refractivity contribution >= 4 is 22.4 Å². The zero-order valence-corrected chi connectivity index (χ0v) is 15.9. The number of benzene rings is 3. The van der Waals surface area contributed by atoms with Crippen molar-refractivity contribution in [3.8, 4) is 5.75 Å². The first kappa shape index (κ1) is 18.4. The second-order valence-electron chi connectivity index (χ2n) is 7.31. The summed E-state index contributed by atoms with van der Waals surface area (Å²) in [5.41, 5.74) is 2.30. The number of carboxylic acid groups (broad SMARTS) is 1. The van der Waals surface area contributed by atoms with Crippen LogP contribution in [0, 0.1) is 0 Å². The Labute approximate surface area is 165 Å². The zero-order valence-electron chi connectivity index (χ0n) is 15.9. The van der Waals surface area contributed by atoms with E-state index in [0.717, 1.165) is 35.1 Å². The molecule has 4 rings (SSSR count). The van der Waals surface area contributed by atoms with Crippen molar-refractivity contribution in [3.05, 3.63) is 71.8 Å². The van der Waals surface area contributed by atoms with Crippen molar-refractivity contribution in [1.82, 2.24) is 0 Å². The van der Waals surface area contributed by atoms with E-state index in [-0.39, 0.29) is 5.56 Å². The smallest absolute Gasteiger partial charge is 0.339 e. The van der Waals surface area contributed by atoms with E-state index in [0.29, 0.717) is 12.4 Å². The average Bonchev–Trinajstić information content (AvgIpc) is 3.01. The first-order chi connectivity index (χ1) is 13.7. The van der Waals surface area contributed by atoms with Gasteiger partial charge in [0.1, 0.15) is 17.9 Å². The van der Waals surface area contributed by atoms with Gasteiger partial charge in [-0.3, -0.25) is 0 Å². The molecule has 3 aromatic rings. The van der Waals surface area contributed by atoms with E-state index in [1.54, 1.807) is 6.07 Å². The van der Waals surface area contributed by atoms with Crippen molar-refractivity contribution in [1.29, 1.82) is 0 Å². The predicted octanol–water partition coefficient (Wildman–Crippen LogP) is 5.50. The summed E-state index contributed by atoms with van der Waals surface area (Å²) in [7, 11) is 0. The highest BCUT2D eigenvalue weighted by molar-refractivity contribution is 5.91. The number of carbonyl (C=O) groups is 1. The second-order valence-corrected chi connectivity index (χ2v) is 7.31. The van der Waals surface area contributed by atoms with Gasteiger partial charge in [-0.2, -0.15) is 0 Å². The lowest BCUT2D eigenvalue weighted by atomic mass is 10.1. The molecule has 0 aliphatic carbocycles. The molecule has 1 N–H and O–H groups in total. The first-order valence-corrected chi connectivity index (χ1v) is 9.94. The Balaban J connectivity index is 1.61. The Hall–Kier alpha value is -3.01. The van der Waals surface area contributed by atoms with E-state index in [1.807, 2.05) is 36.4 Å². The summed E-state index contributed by atoms with van der Waals surface area (Å²) >= 11 is 0. The molecule has 144 valence electrons. The number of carboxylic acids is 1. The van der Waals surface area contributed by atoms with Crippen LogP contribution in [-0.2, 0) is 6.61 Å². The molecular formula is C24H25NO3. The van der Waals surface area contributed by atoms with Crippen molar-refractivity contribution < 1.29 is 14.6 Å². The molecule has 0 saturated carbocycles. The molecule has 1 fully saturated rings. The minimum atomic E-state index is -0.963. The van der Waals surface area contributed by atoms with Crippen molar-refractivity contribution in [2.45, 2.75) is 32.3 Å². The highest BCUT2D eigenvalue weighted by atomic mass is 16.5. The van der Waals surface area contributed by atoms with Crippen LogP contribution in [0.3, 0.4) is 0 Å². The summed E-state index contributed by atoms with van der Waals surface area (Å²) in [6.45, 7) is 2.36. The fraction of sp³-hybridized carbons (Fsp3) is 0.292. The van der Waals surface area contributed by atoms with E-state index in [1.165, 1.54) is 25.7 Å². The van der Waals surface area contributed by atoms with Crippen LogP contribution >= 0.6 is 0 Å². The van der Waals surface area contributed by atoms with Crippen LogP contribution in [0.25, 0.3) is 10.8 Å². The van der Waals surface area contributed by atoms with Crippen LogP contribution in [0.5, 0.6) is 5.75 Å². The van der Waals surface area contributed by atoms with Crippen molar-refractivity contribution in [2.75, 3.05) is 18.0 Å². The summed E-state index contributed by atoms with van der Waals surface area (Å²) in [6.07, 6.45) is 4.86. The van der Waals surface area contributed by atoms with Crippen molar-refractivity contribution in [3.63, 3.8) is 0 Å². The van der Waals surface area contributed by atoms with Crippen LogP contribution in [0.1, 0.15) is 41.6 Å². The summed E-state index contributed by atoms with van der Waals surface area (Å²) in [5, 5.41) is 11.9. The van der Waals surface area contributed by atoms with Gasteiger partial charge in [0.25, 0.3) is 0 Å². The normalized spacial score (nSPS) is 14.6. The average molecular weight is 375 g/mol.